The van der Waals surface area contributed by atoms with E-state index in [1.54, 1.807) is 18.4 Å². The van der Waals surface area contributed by atoms with Crippen molar-refractivity contribution in [1.29, 1.82) is 0 Å². The number of benzene rings is 1. The number of methoxy groups -OCH3 is 1. The normalized spacial score (nSPS) is 16.1. The lowest BCUT2D eigenvalue weighted by atomic mass is 9.96. The van der Waals surface area contributed by atoms with E-state index in [2.05, 4.69) is 4.98 Å². The number of hydrogen-bond donors (Lipinski definition) is 0. The van der Waals surface area contributed by atoms with Crippen LogP contribution in [0, 0.1) is 0 Å². The summed E-state index contributed by atoms with van der Waals surface area (Å²) >= 11 is 1.61. The summed E-state index contributed by atoms with van der Waals surface area (Å²) in [5.41, 5.74) is 2.80. The molecule has 2 aromatic rings. The zero-order chi connectivity index (χ0) is 11.0. The van der Waals surface area contributed by atoms with Gasteiger partial charge in [0.2, 0.25) is 0 Å². The first-order valence-corrected chi connectivity index (χ1v) is 6.32. The lowest BCUT2D eigenvalue weighted by Crippen LogP contribution is -2.24. The van der Waals surface area contributed by atoms with Crippen LogP contribution in [0.15, 0.2) is 17.6 Å². The third kappa shape index (κ3) is 1.63. The summed E-state index contributed by atoms with van der Waals surface area (Å²) < 4.78 is 12.3. The molecule has 1 heterocycles. The molecule has 0 N–H and O–H groups in total. The molecule has 1 aliphatic rings. The minimum Gasteiger partial charge on any atom is -0.497 e. The van der Waals surface area contributed by atoms with E-state index in [1.165, 1.54) is 6.42 Å². The van der Waals surface area contributed by atoms with E-state index in [1.807, 2.05) is 17.6 Å². The van der Waals surface area contributed by atoms with Crippen LogP contribution in [0.2, 0.25) is 0 Å². The Morgan fingerprint density at radius 3 is 2.94 bits per heavy atom. The van der Waals surface area contributed by atoms with Crippen molar-refractivity contribution in [2.75, 3.05) is 7.11 Å². The van der Waals surface area contributed by atoms with Gasteiger partial charge >= 0.3 is 0 Å². The Hall–Kier alpha value is -1.29. The molecule has 0 amide bonds. The molecule has 3 rings (SSSR count). The fourth-order valence-electron chi connectivity index (χ4n) is 1.79. The highest BCUT2D eigenvalue weighted by Crippen LogP contribution is 2.35. The van der Waals surface area contributed by atoms with Gasteiger partial charge in [0.1, 0.15) is 11.3 Å². The number of ether oxygens (including phenoxy) is 2. The molecule has 3 nitrogen and oxygen atoms in total. The molecule has 16 heavy (non-hydrogen) atoms. The predicted octanol–water partition coefficient (Wildman–Crippen LogP) is 3.24. The van der Waals surface area contributed by atoms with E-state index in [0.29, 0.717) is 6.10 Å². The molecule has 0 bridgehead atoms. The zero-order valence-electron chi connectivity index (χ0n) is 9.10. The topological polar surface area (TPSA) is 31.4 Å². The van der Waals surface area contributed by atoms with Gasteiger partial charge in [0.25, 0.3) is 0 Å². The molecule has 0 radical (unpaired) electrons. The van der Waals surface area contributed by atoms with Gasteiger partial charge in [0.15, 0.2) is 5.75 Å². The number of nitrogens with zero attached hydrogens (tertiary/aromatic N) is 1. The molecule has 1 aromatic heterocycles. The SMILES string of the molecule is COc1cc(OC2CCC2)c2ncsc2c1. The highest BCUT2D eigenvalue weighted by atomic mass is 32.1. The summed E-state index contributed by atoms with van der Waals surface area (Å²) in [4.78, 5) is 4.34. The van der Waals surface area contributed by atoms with Crippen molar-refractivity contribution < 1.29 is 9.47 Å². The van der Waals surface area contributed by atoms with E-state index < -0.39 is 0 Å². The number of fused-ring (bicyclic) bond motifs is 1. The zero-order valence-corrected chi connectivity index (χ0v) is 9.92. The molecular weight excluding hydrogens is 222 g/mol. The summed E-state index contributed by atoms with van der Waals surface area (Å²) in [6.07, 6.45) is 3.96. The average molecular weight is 235 g/mol. The van der Waals surface area contributed by atoms with E-state index in [0.717, 1.165) is 34.6 Å². The summed E-state index contributed by atoms with van der Waals surface area (Å²) in [6.45, 7) is 0. The van der Waals surface area contributed by atoms with Gasteiger partial charge in [-0.15, -0.1) is 11.3 Å². The van der Waals surface area contributed by atoms with Gasteiger partial charge in [-0.3, -0.25) is 0 Å². The highest BCUT2D eigenvalue weighted by Gasteiger charge is 2.21. The average Bonchev–Trinajstić information content (AvgIpc) is 2.70. The second kappa shape index (κ2) is 3.94. The molecule has 1 aliphatic carbocycles. The van der Waals surface area contributed by atoms with Gasteiger partial charge < -0.3 is 9.47 Å². The monoisotopic (exact) mass is 235 g/mol. The second-order valence-corrected chi connectivity index (χ2v) is 4.88. The minimum atomic E-state index is 0.372. The van der Waals surface area contributed by atoms with Crippen LogP contribution in [0.5, 0.6) is 11.5 Å². The number of thiazole rings is 1. The Morgan fingerprint density at radius 1 is 1.38 bits per heavy atom. The molecular formula is C12H13NO2S. The van der Waals surface area contributed by atoms with E-state index in [-0.39, 0.29) is 0 Å². The van der Waals surface area contributed by atoms with Gasteiger partial charge in [-0.25, -0.2) is 4.98 Å². The third-order valence-electron chi connectivity index (χ3n) is 2.96. The van der Waals surface area contributed by atoms with Crippen molar-refractivity contribution in [3.63, 3.8) is 0 Å². The maximum absolute atomic E-state index is 5.93. The standard InChI is InChI=1S/C12H13NO2S/c1-14-9-5-10(15-8-3-2-4-8)12-11(6-9)16-7-13-12/h5-8H,2-4H2,1H3. The van der Waals surface area contributed by atoms with Crippen molar-refractivity contribution in [2.24, 2.45) is 0 Å². The van der Waals surface area contributed by atoms with Crippen molar-refractivity contribution in [3.8, 4) is 11.5 Å². The van der Waals surface area contributed by atoms with E-state index >= 15 is 0 Å². The van der Waals surface area contributed by atoms with Crippen LogP contribution in [-0.4, -0.2) is 18.2 Å². The van der Waals surface area contributed by atoms with Gasteiger partial charge in [-0.05, 0) is 25.3 Å². The Morgan fingerprint density at radius 2 is 2.25 bits per heavy atom. The van der Waals surface area contributed by atoms with Gasteiger partial charge in [0, 0.05) is 6.07 Å². The largest absolute Gasteiger partial charge is 0.497 e. The highest BCUT2D eigenvalue weighted by molar-refractivity contribution is 7.16. The summed E-state index contributed by atoms with van der Waals surface area (Å²) in [5, 5.41) is 0. The van der Waals surface area contributed by atoms with E-state index in [4.69, 9.17) is 9.47 Å². The summed E-state index contributed by atoms with van der Waals surface area (Å²) in [7, 11) is 1.68. The lowest BCUT2D eigenvalue weighted by molar-refractivity contribution is 0.121. The minimum absolute atomic E-state index is 0.372. The van der Waals surface area contributed by atoms with Crippen molar-refractivity contribution in [2.45, 2.75) is 25.4 Å². The molecule has 1 aromatic carbocycles. The van der Waals surface area contributed by atoms with Crippen molar-refractivity contribution in [1.82, 2.24) is 4.98 Å². The number of aromatic nitrogens is 1. The lowest BCUT2D eigenvalue weighted by Gasteiger charge is -2.26. The van der Waals surface area contributed by atoms with Gasteiger partial charge in [-0.1, -0.05) is 0 Å². The van der Waals surface area contributed by atoms with Crippen LogP contribution in [-0.2, 0) is 0 Å². The second-order valence-electron chi connectivity index (χ2n) is 4.00. The molecule has 0 atom stereocenters. The van der Waals surface area contributed by atoms with Crippen LogP contribution in [0.1, 0.15) is 19.3 Å². The molecule has 4 heteroatoms. The van der Waals surface area contributed by atoms with Crippen molar-refractivity contribution >= 4 is 21.6 Å². The quantitative estimate of drug-likeness (QED) is 0.818. The molecule has 0 aliphatic heterocycles. The van der Waals surface area contributed by atoms with Gasteiger partial charge in [0.05, 0.1) is 23.4 Å². The molecule has 84 valence electrons. The van der Waals surface area contributed by atoms with Crippen molar-refractivity contribution in [3.05, 3.63) is 17.6 Å². The molecule has 0 saturated heterocycles. The maximum atomic E-state index is 5.93. The van der Waals surface area contributed by atoms with E-state index in [9.17, 15) is 0 Å². The molecule has 1 fully saturated rings. The molecule has 0 spiro atoms. The Balaban J connectivity index is 2.01. The third-order valence-corrected chi connectivity index (χ3v) is 3.73. The smallest absolute Gasteiger partial charge is 0.150 e. The first-order chi connectivity index (χ1) is 7.86. The molecule has 1 saturated carbocycles. The summed E-state index contributed by atoms with van der Waals surface area (Å²) in [6, 6.07) is 3.93. The first-order valence-electron chi connectivity index (χ1n) is 5.45. The number of hydrogen-bond acceptors (Lipinski definition) is 4. The predicted molar refractivity (Wildman–Crippen MR) is 64.4 cm³/mol. The molecule has 0 unspecified atom stereocenters. The van der Waals surface area contributed by atoms with Gasteiger partial charge in [-0.2, -0.15) is 0 Å². The number of rotatable bonds is 3. The van der Waals surface area contributed by atoms with Crippen LogP contribution < -0.4 is 9.47 Å². The van der Waals surface area contributed by atoms with Crippen LogP contribution in [0.3, 0.4) is 0 Å². The fraction of sp³-hybridized carbons (Fsp3) is 0.417. The Kier molecular flexibility index (Phi) is 2.44. The summed E-state index contributed by atoms with van der Waals surface area (Å²) in [5.74, 6) is 1.70. The Bertz CT molecular complexity index is 505. The van der Waals surface area contributed by atoms with Crippen LogP contribution >= 0.6 is 11.3 Å². The fourth-order valence-corrected chi connectivity index (χ4v) is 2.51. The van der Waals surface area contributed by atoms with Crippen LogP contribution in [0.4, 0.5) is 0 Å². The maximum Gasteiger partial charge on any atom is 0.150 e. The first kappa shape index (κ1) is 9.90. The Labute approximate surface area is 98.0 Å². The van der Waals surface area contributed by atoms with Crippen LogP contribution in [0.25, 0.3) is 10.2 Å².